The van der Waals surface area contributed by atoms with Crippen LogP contribution in [0.5, 0.6) is 0 Å². The Balaban J connectivity index is 1.83. The maximum Gasteiger partial charge on any atom is 0.223 e. The quantitative estimate of drug-likeness (QED) is 0.863. The van der Waals surface area contributed by atoms with E-state index < -0.39 is 0 Å². The molecule has 4 heteroatoms. The van der Waals surface area contributed by atoms with E-state index in [0.717, 1.165) is 25.4 Å². The first-order valence-electron chi connectivity index (χ1n) is 6.12. The van der Waals surface area contributed by atoms with E-state index in [4.69, 9.17) is 4.42 Å². The number of furan rings is 1. The fourth-order valence-electron chi connectivity index (χ4n) is 2.20. The van der Waals surface area contributed by atoms with Crippen LogP contribution in [0, 0.1) is 0 Å². The predicted octanol–water partition coefficient (Wildman–Crippen LogP) is 1.42. The molecule has 94 valence electrons. The maximum absolute atomic E-state index is 12.0. The predicted molar refractivity (Wildman–Crippen MR) is 65.7 cm³/mol. The summed E-state index contributed by atoms with van der Waals surface area (Å²) in [5.74, 6) is 1.10. The van der Waals surface area contributed by atoms with E-state index in [9.17, 15) is 4.79 Å². The fraction of sp³-hybridized carbons (Fsp3) is 0.615. The summed E-state index contributed by atoms with van der Waals surface area (Å²) in [6, 6.07) is 3.77. The molecule has 1 amide bonds. The molecule has 2 heterocycles. The molecule has 0 atom stereocenters. The minimum absolute atomic E-state index is 0.0264. The Morgan fingerprint density at radius 3 is 3.06 bits per heavy atom. The highest BCUT2D eigenvalue weighted by atomic mass is 16.3. The minimum Gasteiger partial charge on any atom is -0.469 e. The molecule has 2 rings (SSSR count). The van der Waals surface area contributed by atoms with Gasteiger partial charge in [0.05, 0.1) is 6.26 Å². The van der Waals surface area contributed by atoms with Gasteiger partial charge < -0.3 is 14.6 Å². The number of amides is 1. The largest absolute Gasteiger partial charge is 0.469 e. The lowest BCUT2D eigenvalue weighted by atomic mass is 10.0. The van der Waals surface area contributed by atoms with E-state index in [-0.39, 0.29) is 11.4 Å². The van der Waals surface area contributed by atoms with Crippen molar-refractivity contribution in [1.29, 1.82) is 0 Å². The van der Waals surface area contributed by atoms with Crippen molar-refractivity contribution in [3.05, 3.63) is 24.2 Å². The lowest BCUT2D eigenvalue weighted by Gasteiger charge is -2.39. The third kappa shape index (κ3) is 3.33. The van der Waals surface area contributed by atoms with E-state index >= 15 is 0 Å². The standard InChI is InChI=1S/C13H20N2O2/c1-13(2)10-15(8-7-14-13)12(16)6-5-11-4-3-9-17-11/h3-4,9,14H,5-8,10H2,1-2H3. The first-order valence-corrected chi connectivity index (χ1v) is 6.12. The molecule has 0 saturated carbocycles. The van der Waals surface area contributed by atoms with Crippen LogP contribution in [0.2, 0.25) is 0 Å². The van der Waals surface area contributed by atoms with Crippen molar-refractivity contribution in [2.45, 2.75) is 32.2 Å². The summed E-state index contributed by atoms with van der Waals surface area (Å²) in [5.41, 5.74) is 0.0264. The van der Waals surface area contributed by atoms with Crippen LogP contribution < -0.4 is 5.32 Å². The van der Waals surface area contributed by atoms with Crippen LogP contribution in [0.1, 0.15) is 26.0 Å². The molecule has 1 N–H and O–H groups in total. The van der Waals surface area contributed by atoms with Gasteiger partial charge in [-0.3, -0.25) is 4.79 Å². The Bertz CT molecular complexity index is 371. The molecular weight excluding hydrogens is 216 g/mol. The molecule has 0 aromatic carbocycles. The van der Waals surface area contributed by atoms with Gasteiger partial charge >= 0.3 is 0 Å². The topological polar surface area (TPSA) is 45.5 Å². The van der Waals surface area contributed by atoms with Gasteiger partial charge in [0.1, 0.15) is 5.76 Å². The van der Waals surface area contributed by atoms with Gasteiger partial charge in [-0.25, -0.2) is 0 Å². The smallest absolute Gasteiger partial charge is 0.223 e. The van der Waals surface area contributed by atoms with Gasteiger partial charge in [-0.1, -0.05) is 0 Å². The number of rotatable bonds is 3. The number of hydrogen-bond acceptors (Lipinski definition) is 3. The molecule has 17 heavy (non-hydrogen) atoms. The Morgan fingerprint density at radius 2 is 2.41 bits per heavy atom. The van der Waals surface area contributed by atoms with E-state index in [1.165, 1.54) is 0 Å². The number of carbonyl (C=O) groups excluding carboxylic acids is 1. The molecule has 0 aliphatic carbocycles. The highest BCUT2D eigenvalue weighted by Gasteiger charge is 2.28. The van der Waals surface area contributed by atoms with Crippen molar-refractivity contribution in [3.63, 3.8) is 0 Å². The SMILES string of the molecule is CC1(C)CN(C(=O)CCc2ccco2)CCN1. The van der Waals surface area contributed by atoms with Crippen LogP contribution in [0.25, 0.3) is 0 Å². The Labute approximate surface area is 102 Å². The van der Waals surface area contributed by atoms with Gasteiger partial charge in [0.15, 0.2) is 0 Å². The summed E-state index contributed by atoms with van der Waals surface area (Å²) < 4.78 is 5.23. The average molecular weight is 236 g/mol. The van der Waals surface area contributed by atoms with Crippen LogP contribution in [0.15, 0.2) is 22.8 Å². The van der Waals surface area contributed by atoms with Gasteiger partial charge in [0, 0.05) is 38.0 Å². The summed E-state index contributed by atoms with van der Waals surface area (Å²) >= 11 is 0. The van der Waals surface area contributed by atoms with Crippen LogP contribution >= 0.6 is 0 Å². The zero-order valence-electron chi connectivity index (χ0n) is 10.5. The molecule has 1 aliphatic rings. The summed E-state index contributed by atoms with van der Waals surface area (Å²) in [5, 5.41) is 3.40. The zero-order chi connectivity index (χ0) is 12.3. The van der Waals surface area contributed by atoms with E-state index in [1.54, 1.807) is 6.26 Å². The first-order chi connectivity index (χ1) is 8.07. The molecular formula is C13H20N2O2. The second-order valence-corrected chi connectivity index (χ2v) is 5.21. The summed E-state index contributed by atoms with van der Waals surface area (Å²) in [6.45, 7) is 6.71. The van der Waals surface area contributed by atoms with Gasteiger partial charge in [0.25, 0.3) is 0 Å². The molecule has 1 aliphatic heterocycles. The number of nitrogens with zero attached hydrogens (tertiary/aromatic N) is 1. The molecule has 0 spiro atoms. The van der Waals surface area contributed by atoms with Crippen molar-refractivity contribution >= 4 is 5.91 Å². The van der Waals surface area contributed by atoms with E-state index in [0.29, 0.717) is 12.8 Å². The summed E-state index contributed by atoms with van der Waals surface area (Å²) in [6.07, 6.45) is 2.87. The van der Waals surface area contributed by atoms with Crippen molar-refractivity contribution in [3.8, 4) is 0 Å². The zero-order valence-corrected chi connectivity index (χ0v) is 10.5. The third-order valence-corrected chi connectivity index (χ3v) is 3.09. The number of aryl methyl sites for hydroxylation is 1. The number of hydrogen-bond donors (Lipinski definition) is 1. The number of carbonyl (C=O) groups is 1. The Hall–Kier alpha value is -1.29. The van der Waals surface area contributed by atoms with E-state index in [2.05, 4.69) is 19.2 Å². The summed E-state index contributed by atoms with van der Waals surface area (Å²) in [7, 11) is 0. The van der Waals surface area contributed by atoms with Gasteiger partial charge in [-0.15, -0.1) is 0 Å². The maximum atomic E-state index is 12.0. The van der Waals surface area contributed by atoms with Crippen LogP contribution in [0.4, 0.5) is 0 Å². The molecule has 4 nitrogen and oxygen atoms in total. The average Bonchev–Trinajstić information content (AvgIpc) is 2.77. The Morgan fingerprint density at radius 1 is 1.59 bits per heavy atom. The molecule has 0 unspecified atom stereocenters. The van der Waals surface area contributed by atoms with Crippen molar-refractivity contribution < 1.29 is 9.21 Å². The molecule has 1 fully saturated rings. The van der Waals surface area contributed by atoms with Gasteiger partial charge in [0.2, 0.25) is 5.91 Å². The van der Waals surface area contributed by atoms with Gasteiger partial charge in [-0.05, 0) is 26.0 Å². The summed E-state index contributed by atoms with van der Waals surface area (Å²) in [4.78, 5) is 14.0. The number of nitrogens with one attached hydrogen (secondary N) is 1. The normalized spacial score (nSPS) is 19.3. The third-order valence-electron chi connectivity index (χ3n) is 3.09. The Kier molecular flexibility index (Phi) is 3.52. The second kappa shape index (κ2) is 4.92. The first kappa shape index (κ1) is 12.2. The van der Waals surface area contributed by atoms with Gasteiger partial charge in [-0.2, -0.15) is 0 Å². The lowest BCUT2D eigenvalue weighted by molar-refractivity contribution is -0.133. The minimum atomic E-state index is 0.0264. The van der Waals surface area contributed by atoms with Crippen molar-refractivity contribution in [2.75, 3.05) is 19.6 Å². The van der Waals surface area contributed by atoms with Crippen LogP contribution in [-0.4, -0.2) is 36.0 Å². The number of piperazine rings is 1. The molecule has 0 bridgehead atoms. The second-order valence-electron chi connectivity index (χ2n) is 5.21. The monoisotopic (exact) mass is 236 g/mol. The van der Waals surface area contributed by atoms with Crippen LogP contribution in [0.3, 0.4) is 0 Å². The molecule has 1 aromatic heterocycles. The van der Waals surface area contributed by atoms with Crippen molar-refractivity contribution in [1.82, 2.24) is 10.2 Å². The molecule has 0 radical (unpaired) electrons. The van der Waals surface area contributed by atoms with Crippen LogP contribution in [-0.2, 0) is 11.2 Å². The van der Waals surface area contributed by atoms with Crippen molar-refractivity contribution in [2.24, 2.45) is 0 Å². The highest BCUT2D eigenvalue weighted by molar-refractivity contribution is 5.76. The van der Waals surface area contributed by atoms with E-state index in [1.807, 2.05) is 17.0 Å². The molecule has 1 saturated heterocycles. The lowest BCUT2D eigenvalue weighted by Crippen LogP contribution is -2.58. The highest BCUT2D eigenvalue weighted by Crippen LogP contribution is 2.12. The fourth-order valence-corrected chi connectivity index (χ4v) is 2.20. The molecule has 1 aromatic rings.